The zero-order chi connectivity index (χ0) is 29.8. The van der Waals surface area contributed by atoms with Gasteiger partial charge in [-0.1, -0.05) is 53.6 Å². The molecule has 214 valence electrons. The van der Waals surface area contributed by atoms with Gasteiger partial charge in [0, 0.05) is 17.6 Å². The monoisotopic (exact) mass is 567 g/mol. The van der Waals surface area contributed by atoms with Gasteiger partial charge in [0.25, 0.3) is 10.0 Å². The van der Waals surface area contributed by atoms with Crippen molar-refractivity contribution in [3.63, 3.8) is 0 Å². The second kappa shape index (κ2) is 12.2. The molecule has 0 spiro atoms. The van der Waals surface area contributed by atoms with Crippen LogP contribution in [0.3, 0.4) is 0 Å². The highest BCUT2D eigenvalue weighted by Crippen LogP contribution is 2.28. The Morgan fingerprint density at radius 3 is 2.10 bits per heavy atom. The van der Waals surface area contributed by atoms with Crippen molar-refractivity contribution in [2.75, 3.05) is 10.8 Å². The number of aryl methyl sites for hydroxylation is 3. The summed E-state index contributed by atoms with van der Waals surface area (Å²) in [5.41, 5.74) is 2.49. The molecule has 0 aliphatic heterocycles. The first-order chi connectivity index (χ1) is 18.6. The Labute approximate surface area is 237 Å². The van der Waals surface area contributed by atoms with Crippen molar-refractivity contribution in [3.05, 3.63) is 94.8 Å². The van der Waals surface area contributed by atoms with Gasteiger partial charge in [0.1, 0.15) is 18.4 Å². The number of nitrogens with one attached hydrogen (secondary N) is 1. The third-order valence-electron chi connectivity index (χ3n) is 6.47. The van der Waals surface area contributed by atoms with Crippen molar-refractivity contribution in [1.29, 1.82) is 0 Å². The molecule has 0 saturated carbocycles. The Morgan fingerprint density at radius 1 is 0.925 bits per heavy atom. The lowest BCUT2D eigenvalue weighted by Gasteiger charge is -2.34. The molecular weight excluding hydrogens is 529 g/mol. The van der Waals surface area contributed by atoms with Gasteiger partial charge in [-0.15, -0.1) is 0 Å². The smallest absolute Gasteiger partial charge is 0.264 e. The molecule has 1 unspecified atom stereocenters. The number of amides is 2. The first-order valence-corrected chi connectivity index (χ1v) is 14.6. The molecule has 0 heterocycles. The summed E-state index contributed by atoms with van der Waals surface area (Å²) in [7, 11) is -4.18. The molecular formula is C31H38FN3O4S. The highest BCUT2D eigenvalue weighted by atomic mass is 32.2. The van der Waals surface area contributed by atoms with E-state index in [9.17, 15) is 22.4 Å². The van der Waals surface area contributed by atoms with Gasteiger partial charge in [-0.2, -0.15) is 0 Å². The number of halogens is 1. The zero-order valence-electron chi connectivity index (χ0n) is 24.2. The Balaban J connectivity index is 2.08. The summed E-state index contributed by atoms with van der Waals surface area (Å²) in [6.45, 7) is 11.7. The molecule has 1 N–H and O–H groups in total. The molecule has 0 aliphatic rings. The lowest BCUT2D eigenvalue weighted by molar-refractivity contribution is -0.140. The first-order valence-electron chi connectivity index (χ1n) is 13.1. The molecule has 3 aromatic carbocycles. The average Bonchev–Trinajstić information content (AvgIpc) is 2.86. The number of rotatable bonds is 9. The molecule has 0 fully saturated rings. The van der Waals surface area contributed by atoms with Gasteiger partial charge in [0.15, 0.2) is 0 Å². The average molecular weight is 568 g/mol. The van der Waals surface area contributed by atoms with Gasteiger partial charge in [0.2, 0.25) is 11.8 Å². The molecule has 0 radical (unpaired) electrons. The molecule has 3 aromatic rings. The summed E-state index contributed by atoms with van der Waals surface area (Å²) in [4.78, 5) is 28.4. The minimum atomic E-state index is -4.18. The summed E-state index contributed by atoms with van der Waals surface area (Å²) in [6.07, 6.45) is 0. The Bertz CT molecular complexity index is 1480. The number of anilines is 1. The summed E-state index contributed by atoms with van der Waals surface area (Å²) >= 11 is 0. The third-order valence-corrected chi connectivity index (χ3v) is 8.25. The molecule has 0 aromatic heterocycles. The first kappa shape index (κ1) is 30.8. The van der Waals surface area contributed by atoms with Crippen LogP contribution in [-0.4, -0.2) is 43.3 Å². The van der Waals surface area contributed by atoms with E-state index in [-0.39, 0.29) is 17.0 Å². The maximum atomic E-state index is 14.7. The molecule has 7 nitrogen and oxygen atoms in total. The normalized spacial score (nSPS) is 12.5. The van der Waals surface area contributed by atoms with E-state index in [1.807, 2.05) is 40.7 Å². The molecule has 0 saturated heterocycles. The van der Waals surface area contributed by atoms with Gasteiger partial charge in [-0.05, 0) is 78.3 Å². The number of hydrogen-bond acceptors (Lipinski definition) is 4. The lowest BCUT2D eigenvalue weighted by atomic mass is 10.1. The van der Waals surface area contributed by atoms with Gasteiger partial charge in [-0.3, -0.25) is 13.9 Å². The number of hydrogen-bond donors (Lipinski definition) is 1. The van der Waals surface area contributed by atoms with Gasteiger partial charge in [-0.25, -0.2) is 12.8 Å². The second-order valence-electron chi connectivity index (χ2n) is 11.1. The van der Waals surface area contributed by atoms with Crippen LogP contribution in [0.25, 0.3) is 0 Å². The number of carbonyl (C=O) groups is 2. The van der Waals surface area contributed by atoms with Crippen LogP contribution in [0.5, 0.6) is 0 Å². The van der Waals surface area contributed by atoms with Crippen LogP contribution in [0.4, 0.5) is 10.1 Å². The van der Waals surface area contributed by atoms with Crippen LogP contribution in [0, 0.1) is 26.6 Å². The molecule has 0 aliphatic carbocycles. The molecule has 3 rings (SSSR count). The van der Waals surface area contributed by atoms with Crippen molar-refractivity contribution in [1.82, 2.24) is 10.2 Å². The van der Waals surface area contributed by atoms with Crippen LogP contribution >= 0.6 is 0 Å². The standard InChI is InChI=1S/C31H38FN3O4S/c1-21-12-15-26(16-13-21)40(38,39)35(28-17-14-22(2)18-23(28)3)20-29(36)34(19-25-10-8-9-11-27(25)32)24(4)30(37)33-31(5,6)7/h8-18,24H,19-20H2,1-7H3,(H,33,37). The van der Waals surface area contributed by atoms with E-state index in [1.54, 1.807) is 44.2 Å². The fourth-order valence-corrected chi connectivity index (χ4v) is 5.78. The van der Waals surface area contributed by atoms with E-state index in [2.05, 4.69) is 5.32 Å². The number of carbonyl (C=O) groups excluding carboxylic acids is 2. The predicted molar refractivity (Wildman–Crippen MR) is 156 cm³/mol. The van der Waals surface area contributed by atoms with Crippen molar-refractivity contribution < 1.29 is 22.4 Å². The fourth-order valence-electron chi connectivity index (χ4n) is 4.30. The maximum absolute atomic E-state index is 14.7. The van der Waals surface area contributed by atoms with E-state index >= 15 is 0 Å². The topological polar surface area (TPSA) is 86.8 Å². The van der Waals surface area contributed by atoms with Crippen LogP contribution < -0.4 is 9.62 Å². The number of nitrogens with zero attached hydrogens (tertiary/aromatic N) is 2. The van der Waals surface area contributed by atoms with Crippen LogP contribution in [0.15, 0.2) is 71.6 Å². The van der Waals surface area contributed by atoms with E-state index in [0.29, 0.717) is 11.3 Å². The Morgan fingerprint density at radius 2 is 1.52 bits per heavy atom. The fraction of sp³-hybridized carbons (Fsp3) is 0.355. The summed E-state index contributed by atoms with van der Waals surface area (Å²) < 4.78 is 43.7. The van der Waals surface area contributed by atoms with Crippen molar-refractivity contribution in [2.24, 2.45) is 0 Å². The third kappa shape index (κ3) is 7.47. The minimum absolute atomic E-state index is 0.0325. The predicted octanol–water partition coefficient (Wildman–Crippen LogP) is 5.28. The number of benzene rings is 3. The quantitative estimate of drug-likeness (QED) is 0.381. The second-order valence-corrected chi connectivity index (χ2v) is 13.0. The zero-order valence-corrected chi connectivity index (χ0v) is 25.0. The number of sulfonamides is 1. The summed E-state index contributed by atoms with van der Waals surface area (Å²) in [6, 6.07) is 16.7. The van der Waals surface area contributed by atoms with E-state index in [4.69, 9.17) is 0 Å². The van der Waals surface area contributed by atoms with Crippen molar-refractivity contribution in [2.45, 2.75) is 71.5 Å². The molecule has 2 amide bonds. The SMILES string of the molecule is Cc1ccc(S(=O)(=O)N(CC(=O)N(Cc2ccccc2F)C(C)C(=O)NC(C)(C)C)c2ccc(C)cc2C)cc1. The Hall–Kier alpha value is -3.72. The van der Waals surface area contributed by atoms with Gasteiger partial charge >= 0.3 is 0 Å². The van der Waals surface area contributed by atoms with Crippen molar-refractivity contribution in [3.8, 4) is 0 Å². The summed E-state index contributed by atoms with van der Waals surface area (Å²) in [5, 5.41) is 2.86. The van der Waals surface area contributed by atoms with Crippen molar-refractivity contribution >= 4 is 27.5 Å². The maximum Gasteiger partial charge on any atom is 0.264 e. The molecule has 9 heteroatoms. The van der Waals surface area contributed by atoms with Crippen LogP contribution in [0.1, 0.15) is 49.9 Å². The largest absolute Gasteiger partial charge is 0.350 e. The van der Waals surface area contributed by atoms with E-state index in [1.165, 1.54) is 35.2 Å². The molecule has 1 atom stereocenters. The van der Waals surface area contributed by atoms with Crippen LogP contribution in [0.2, 0.25) is 0 Å². The van der Waals surface area contributed by atoms with E-state index < -0.39 is 45.8 Å². The van der Waals surface area contributed by atoms with Gasteiger partial charge in [0.05, 0.1) is 10.6 Å². The minimum Gasteiger partial charge on any atom is -0.350 e. The molecule has 0 bridgehead atoms. The summed E-state index contributed by atoms with van der Waals surface area (Å²) in [5.74, 6) is -1.60. The molecule has 40 heavy (non-hydrogen) atoms. The van der Waals surface area contributed by atoms with Gasteiger partial charge < -0.3 is 10.2 Å². The van der Waals surface area contributed by atoms with Crippen LogP contribution in [-0.2, 0) is 26.2 Å². The van der Waals surface area contributed by atoms with E-state index in [0.717, 1.165) is 15.4 Å². The highest BCUT2D eigenvalue weighted by Gasteiger charge is 2.34. The lowest BCUT2D eigenvalue weighted by Crippen LogP contribution is -2.54. The highest BCUT2D eigenvalue weighted by molar-refractivity contribution is 7.92. The Kier molecular flexibility index (Phi) is 9.40.